The van der Waals surface area contributed by atoms with Gasteiger partial charge in [-0.15, -0.1) is 0 Å². The Kier molecular flexibility index (Phi) is 5.86. The highest BCUT2D eigenvalue weighted by molar-refractivity contribution is 5.90. The molecule has 0 saturated carbocycles. The van der Waals surface area contributed by atoms with Gasteiger partial charge in [-0.3, -0.25) is 9.69 Å². The van der Waals surface area contributed by atoms with Gasteiger partial charge in [-0.1, -0.05) is 42.5 Å². The van der Waals surface area contributed by atoms with E-state index in [-0.39, 0.29) is 5.91 Å². The molecule has 7 heteroatoms. The molecular weight excluding hydrogens is 364 g/mol. The third-order valence-corrected chi connectivity index (χ3v) is 5.15. The van der Waals surface area contributed by atoms with Crippen LogP contribution in [0.15, 0.2) is 54.6 Å². The molecular formula is C22H26N6O. The third kappa shape index (κ3) is 4.81. The summed E-state index contributed by atoms with van der Waals surface area (Å²) in [5.74, 6) is 1.28. The lowest BCUT2D eigenvalue weighted by Gasteiger charge is -2.22. The van der Waals surface area contributed by atoms with Gasteiger partial charge in [-0.2, -0.15) is 4.98 Å². The number of carbonyl (C=O) groups is 1. The molecule has 3 aromatic rings. The Balaban J connectivity index is 1.57. The van der Waals surface area contributed by atoms with Crippen molar-refractivity contribution in [3.8, 4) is 0 Å². The molecule has 1 saturated heterocycles. The van der Waals surface area contributed by atoms with E-state index in [1.165, 1.54) is 5.56 Å². The first kappa shape index (κ1) is 19.1. The zero-order chi connectivity index (χ0) is 20.1. The first-order valence-electron chi connectivity index (χ1n) is 9.99. The SMILES string of the molecule is NC(=O)CN1CCCN(c2nc(NCc3ccccc3)c3ccccc3n2)CC1. The van der Waals surface area contributed by atoms with Gasteiger partial charge in [0.2, 0.25) is 11.9 Å². The fourth-order valence-electron chi connectivity index (χ4n) is 3.67. The predicted molar refractivity (Wildman–Crippen MR) is 116 cm³/mol. The number of para-hydroxylation sites is 1. The molecule has 3 N–H and O–H groups in total. The molecule has 1 aliphatic rings. The second-order valence-corrected chi connectivity index (χ2v) is 7.31. The van der Waals surface area contributed by atoms with Crippen LogP contribution in [0.1, 0.15) is 12.0 Å². The summed E-state index contributed by atoms with van der Waals surface area (Å²) >= 11 is 0. The van der Waals surface area contributed by atoms with Crippen LogP contribution in [-0.2, 0) is 11.3 Å². The van der Waals surface area contributed by atoms with Crippen LogP contribution in [0, 0.1) is 0 Å². The maximum absolute atomic E-state index is 11.2. The van der Waals surface area contributed by atoms with Crippen LogP contribution in [0.2, 0.25) is 0 Å². The molecule has 0 bridgehead atoms. The lowest BCUT2D eigenvalue weighted by molar-refractivity contribution is -0.119. The lowest BCUT2D eigenvalue weighted by Crippen LogP contribution is -2.37. The highest BCUT2D eigenvalue weighted by Crippen LogP contribution is 2.24. The quantitative estimate of drug-likeness (QED) is 0.671. The van der Waals surface area contributed by atoms with Gasteiger partial charge in [0.15, 0.2) is 0 Å². The molecule has 1 aromatic heterocycles. The van der Waals surface area contributed by atoms with Crippen molar-refractivity contribution in [3.63, 3.8) is 0 Å². The molecule has 1 aliphatic heterocycles. The van der Waals surface area contributed by atoms with Crippen molar-refractivity contribution in [2.45, 2.75) is 13.0 Å². The topological polar surface area (TPSA) is 87.4 Å². The Labute approximate surface area is 170 Å². The Morgan fingerprint density at radius 2 is 1.76 bits per heavy atom. The van der Waals surface area contributed by atoms with Gasteiger partial charge in [-0.05, 0) is 24.1 Å². The van der Waals surface area contributed by atoms with Crippen molar-refractivity contribution >= 4 is 28.6 Å². The standard InChI is InChI=1S/C22H26N6O/c23-20(29)16-27-11-6-12-28(14-13-27)22-25-19-10-5-4-9-18(19)21(26-22)24-15-17-7-2-1-3-8-17/h1-5,7-10H,6,11-16H2,(H2,23,29)(H,24,25,26). The second-order valence-electron chi connectivity index (χ2n) is 7.31. The minimum absolute atomic E-state index is 0.284. The van der Waals surface area contributed by atoms with Gasteiger partial charge in [0, 0.05) is 38.1 Å². The molecule has 0 unspecified atom stereocenters. The van der Waals surface area contributed by atoms with Gasteiger partial charge in [-0.25, -0.2) is 4.98 Å². The Morgan fingerprint density at radius 1 is 0.966 bits per heavy atom. The van der Waals surface area contributed by atoms with E-state index in [1.807, 2.05) is 42.5 Å². The zero-order valence-corrected chi connectivity index (χ0v) is 16.4. The third-order valence-electron chi connectivity index (χ3n) is 5.15. The maximum atomic E-state index is 11.2. The number of hydrogen-bond donors (Lipinski definition) is 2. The predicted octanol–water partition coefficient (Wildman–Crippen LogP) is 2.24. The molecule has 7 nitrogen and oxygen atoms in total. The molecule has 0 atom stereocenters. The number of primary amides is 1. The Hall–Kier alpha value is -3.19. The number of nitrogens with one attached hydrogen (secondary N) is 1. The average molecular weight is 390 g/mol. The zero-order valence-electron chi connectivity index (χ0n) is 16.4. The number of rotatable bonds is 6. The van der Waals surface area contributed by atoms with Crippen molar-refractivity contribution in [3.05, 3.63) is 60.2 Å². The van der Waals surface area contributed by atoms with Crippen molar-refractivity contribution in [2.75, 3.05) is 42.9 Å². The molecule has 150 valence electrons. The number of aromatic nitrogens is 2. The normalized spacial score (nSPS) is 15.2. The van der Waals surface area contributed by atoms with Crippen LogP contribution >= 0.6 is 0 Å². The summed E-state index contributed by atoms with van der Waals surface area (Å²) in [6, 6.07) is 18.4. The van der Waals surface area contributed by atoms with Crippen LogP contribution in [0.25, 0.3) is 10.9 Å². The minimum Gasteiger partial charge on any atom is -0.369 e. The number of fused-ring (bicyclic) bond motifs is 1. The summed E-state index contributed by atoms with van der Waals surface area (Å²) in [6.07, 6.45) is 0.941. The van der Waals surface area contributed by atoms with Crippen molar-refractivity contribution < 1.29 is 4.79 Å². The fraction of sp³-hybridized carbons (Fsp3) is 0.318. The number of nitrogens with zero attached hydrogens (tertiary/aromatic N) is 4. The molecule has 0 aliphatic carbocycles. The van der Waals surface area contributed by atoms with E-state index >= 15 is 0 Å². The van der Waals surface area contributed by atoms with Gasteiger partial charge in [0.05, 0.1) is 12.1 Å². The number of hydrogen-bond acceptors (Lipinski definition) is 6. The van der Waals surface area contributed by atoms with Crippen molar-refractivity contribution in [1.29, 1.82) is 0 Å². The number of amides is 1. The summed E-state index contributed by atoms with van der Waals surface area (Å²) in [4.78, 5) is 25.2. The van der Waals surface area contributed by atoms with E-state index in [2.05, 4.69) is 27.2 Å². The minimum atomic E-state index is -0.284. The van der Waals surface area contributed by atoms with Gasteiger partial charge < -0.3 is 16.0 Å². The maximum Gasteiger partial charge on any atom is 0.231 e. The molecule has 2 heterocycles. The Morgan fingerprint density at radius 3 is 2.59 bits per heavy atom. The highest BCUT2D eigenvalue weighted by Gasteiger charge is 2.19. The molecule has 0 spiro atoms. The first-order valence-corrected chi connectivity index (χ1v) is 9.99. The van der Waals surface area contributed by atoms with Crippen molar-refractivity contribution in [2.24, 2.45) is 5.73 Å². The number of benzene rings is 2. The van der Waals surface area contributed by atoms with E-state index in [1.54, 1.807) is 0 Å². The summed E-state index contributed by atoms with van der Waals surface area (Å²) in [6.45, 7) is 4.25. The molecule has 29 heavy (non-hydrogen) atoms. The van der Waals surface area contributed by atoms with E-state index in [0.29, 0.717) is 13.1 Å². The number of anilines is 2. The van der Waals surface area contributed by atoms with Gasteiger partial charge in [0.25, 0.3) is 0 Å². The smallest absolute Gasteiger partial charge is 0.231 e. The molecule has 4 rings (SSSR count). The van der Waals surface area contributed by atoms with Crippen LogP contribution < -0.4 is 16.0 Å². The molecule has 1 amide bonds. The highest BCUT2D eigenvalue weighted by atomic mass is 16.1. The van der Waals surface area contributed by atoms with Crippen LogP contribution in [0.5, 0.6) is 0 Å². The van der Waals surface area contributed by atoms with E-state index in [9.17, 15) is 4.79 Å². The summed E-state index contributed by atoms with van der Waals surface area (Å²) in [7, 11) is 0. The first-order chi connectivity index (χ1) is 14.2. The fourth-order valence-corrected chi connectivity index (χ4v) is 3.67. The second kappa shape index (κ2) is 8.87. The van der Waals surface area contributed by atoms with Gasteiger partial charge in [0.1, 0.15) is 5.82 Å². The largest absolute Gasteiger partial charge is 0.369 e. The summed E-state index contributed by atoms with van der Waals surface area (Å²) in [5.41, 5.74) is 7.48. The van der Waals surface area contributed by atoms with Crippen LogP contribution in [-0.4, -0.2) is 53.5 Å². The summed E-state index contributed by atoms with van der Waals surface area (Å²) < 4.78 is 0. The summed E-state index contributed by atoms with van der Waals surface area (Å²) in [5, 5.41) is 4.50. The molecule has 2 aromatic carbocycles. The van der Waals surface area contributed by atoms with Crippen molar-refractivity contribution in [1.82, 2.24) is 14.9 Å². The van der Waals surface area contributed by atoms with Crippen LogP contribution in [0.3, 0.4) is 0 Å². The number of carbonyl (C=O) groups excluding carboxylic acids is 1. The van der Waals surface area contributed by atoms with E-state index in [4.69, 9.17) is 15.7 Å². The average Bonchev–Trinajstić information content (AvgIpc) is 2.97. The monoisotopic (exact) mass is 390 g/mol. The van der Waals surface area contributed by atoms with Crippen LogP contribution in [0.4, 0.5) is 11.8 Å². The molecule has 0 radical (unpaired) electrons. The Bertz CT molecular complexity index is 977. The lowest BCUT2D eigenvalue weighted by atomic mass is 10.2. The van der Waals surface area contributed by atoms with E-state index in [0.717, 1.165) is 55.3 Å². The number of nitrogens with two attached hydrogens (primary N) is 1. The molecule has 1 fully saturated rings. The van der Waals surface area contributed by atoms with Gasteiger partial charge >= 0.3 is 0 Å². The van der Waals surface area contributed by atoms with E-state index < -0.39 is 0 Å².